The summed E-state index contributed by atoms with van der Waals surface area (Å²) in [4.78, 5) is 12.2. The van der Waals surface area contributed by atoms with Gasteiger partial charge < -0.3 is 5.32 Å². The van der Waals surface area contributed by atoms with E-state index >= 15 is 0 Å². The number of anilines is 1. The molecule has 0 bridgehead atoms. The molecule has 1 N–H and O–H groups in total. The average molecular weight is 337 g/mol. The number of benzene rings is 2. The molecule has 3 aromatic rings. The number of carbonyl (C=O) groups is 1. The Balaban J connectivity index is 1.69. The zero-order valence-corrected chi connectivity index (χ0v) is 13.4. The molecular weight excluding hydrogens is 324 g/mol. The largest absolute Gasteiger partial charge is 0.322 e. The van der Waals surface area contributed by atoms with Gasteiger partial charge in [-0.1, -0.05) is 29.8 Å². The fourth-order valence-electron chi connectivity index (χ4n) is 2.20. The number of halogens is 1. The Bertz CT molecular complexity index is 909. The molecule has 24 heavy (non-hydrogen) atoms. The average Bonchev–Trinajstić information content (AvgIpc) is 3.06. The summed E-state index contributed by atoms with van der Waals surface area (Å²) in [6, 6.07) is 16.2. The van der Waals surface area contributed by atoms with Gasteiger partial charge in [-0.05, 0) is 35.9 Å². The topological polar surface area (TPSA) is 70.7 Å². The van der Waals surface area contributed by atoms with Crippen molar-refractivity contribution in [2.75, 3.05) is 5.32 Å². The highest BCUT2D eigenvalue weighted by Crippen LogP contribution is 2.16. The zero-order chi connectivity index (χ0) is 16.9. The minimum Gasteiger partial charge on any atom is -0.322 e. The number of nitrogens with zero attached hydrogens (tertiary/aromatic N) is 3. The van der Waals surface area contributed by atoms with E-state index in [9.17, 15) is 4.79 Å². The maximum atomic E-state index is 12.2. The summed E-state index contributed by atoms with van der Waals surface area (Å²) < 4.78 is 1.66. The maximum absolute atomic E-state index is 12.2. The van der Waals surface area contributed by atoms with Crippen molar-refractivity contribution in [3.63, 3.8) is 0 Å². The molecule has 0 unspecified atom stereocenters. The Hall–Kier alpha value is -3.10. The Kier molecular flexibility index (Phi) is 4.59. The molecule has 0 saturated heterocycles. The van der Waals surface area contributed by atoms with E-state index < -0.39 is 0 Å². The molecule has 1 aromatic heterocycles. The first kappa shape index (κ1) is 15.8. The first-order valence-electron chi connectivity index (χ1n) is 7.23. The molecule has 0 atom stereocenters. The van der Waals surface area contributed by atoms with Crippen LogP contribution in [-0.4, -0.2) is 15.7 Å². The standard InChI is InChI=1S/C18H13ClN4O/c19-17-4-2-1-3-14(17)11-23-12-15(10-21-23)18(24)22-16-7-5-13(9-20)6-8-16/h1-8,10,12H,11H2,(H,22,24). The van der Waals surface area contributed by atoms with Crippen molar-refractivity contribution in [1.82, 2.24) is 9.78 Å². The smallest absolute Gasteiger partial charge is 0.258 e. The predicted molar refractivity (Wildman–Crippen MR) is 91.9 cm³/mol. The second-order valence-electron chi connectivity index (χ2n) is 5.16. The van der Waals surface area contributed by atoms with Gasteiger partial charge in [0.1, 0.15) is 0 Å². The highest BCUT2D eigenvalue weighted by molar-refractivity contribution is 6.31. The molecule has 0 aliphatic carbocycles. The van der Waals surface area contributed by atoms with E-state index in [0.717, 1.165) is 5.56 Å². The molecule has 1 heterocycles. The molecule has 0 aliphatic rings. The predicted octanol–water partition coefficient (Wildman–Crippen LogP) is 3.71. The number of nitriles is 1. The highest BCUT2D eigenvalue weighted by Gasteiger charge is 2.10. The van der Waals surface area contributed by atoms with Crippen molar-refractivity contribution in [3.8, 4) is 6.07 Å². The Morgan fingerprint density at radius 1 is 1.21 bits per heavy atom. The van der Waals surface area contributed by atoms with Crippen LogP contribution in [0.2, 0.25) is 5.02 Å². The highest BCUT2D eigenvalue weighted by atomic mass is 35.5. The van der Waals surface area contributed by atoms with Crippen LogP contribution < -0.4 is 5.32 Å². The minimum absolute atomic E-state index is 0.259. The van der Waals surface area contributed by atoms with Crippen molar-refractivity contribution < 1.29 is 4.79 Å². The lowest BCUT2D eigenvalue weighted by molar-refractivity contribution is 0.102. The molecular formula is C18H13ClN4O. The Morgan fingerprint density at radius 2 is 1.96 bits per heavy atom. The van der Waals surface area contributed by atoms with Gasteiger partial charge in [0, 0.05) is 16.9 Å². The van der Waals surface area contributed by atoms with Crippen molar-refractivity contribution in [2.24, 2.45) is 0 Å². The van der Waals surface area contributed by atoms with E-state index in [-0.39, 0.29) is 5.91 Å². The number of hydrogen-bond donors (Lipinski definition) is 1. The molecule has 5 nitrogen and oxygen atoms in total. The Labute approximate surface area is 144 Å². The third kappa shape index (κ3) is 3.62. The second kappa shape index (κ2) is 6.99. The van der Waals surface area contributed by atoms with Crippen LogP contribution in [0.4, 0.5) is 5.69 Å². The van der Waals surface area contributed by atoms with Crippen LogP contribution in [0.5, 0.6) is 0 Å². The number of amides is 1. The van der Waals surface area contributed by atoms with Crippen molar-refractivity contribution in [2.45, 2.75) is 6.54 Å². The van der Waals surface area contributed by atoms with Crippen LogP contribution in [0.25, 0.3) is 0 Å². The third-order valence-electron chi connectivity index (χ3n) is 3.46. The summed E-state index contributed by atoms with van der Waals surface area (Å²) in [6.07, 6.45) is 3.18. The van der Waals surface area contributed by atoms with Gasteiger partial charge in [0.25, 0.3) is 5.91 Å². The first-order valence-corrected chi connectivity index (χ1v) is 7.61. The third-order valence-corrected chi connectivity index (χ3v) is 3.83. The lowest BCUT2D eigenvalue weighted by Gasteiger charge is -2.04. The van der Waals surface area contributed by atoms with Gasteiger partial charge in [0.05, 0.1) is 29.9 Å². The summed E-state index contributed by atoms with van der Waals surface area (Å²) in [6.45, 7) is 0.490. The quantitative estimate of drug-likeness (QED) is 0.789. The molecule has 1 amide bonds. The zero-order valence-electron chi connectivity index (χ0n) is 12.6. The monoisotopic (exact) mass is 336 g/mol. The van der Waals surface area contributed by atoms with Gasteiger partial charge in [-0.25, -0.2) is 0 Å². The number of carbonyl (C=O) groups excluding carboxylic acids is 1. The number of hydrogen-bond acceptors (Lipinski definition) is 3. The van der Waals surface area contributed by atoms with Crippen LogP contribution in [0, 0.1) is 11.3 Å². The van der Waals surface area contributed by atoms with E-state index in [1.807, 2.05) is 30.3 Å². The Morgan fingerprint density at radius 3 is 2.67 bits per heavy atom. The van der Waals surface area contributed by atoms with E-state index in [1.165, 1.54) is 6.20 Å². The second-order valence-corrected chi connectivity index (χ2v) is 5.57. The van der Waals surface area contributed by atoms with E-state index in [1.54, 1.807) is 35.1 Å². The molecule has 0 aliphatic heterocycles. The van der Waals surface area contributed by atoms with Gasteiger partial charge >= 0.3 is 0 Å². The van der Waals surface area contributed by atoms with Gasteiger partial charge in [-0.2, -0.15) is 10.4 Å². The lowest BCUT2D eigenvalue weighted by atomic mass is 10.2. The lowest BCUT2D eigenvalue weighted by Crippen LogP contribution is -2.11. The van der Waals surface area contributed by atoms with Gasteiger partial charge in [-0.15, -0.1) is 0 Å². The molecule has 0 radical (unpaired) electrons. The summed E-state index contributed by atoms with van der Waals surface area (Å²) >= 11 is 6.13. The summed E-state index contributed by atoms with van der Waals surface area (Å²) in [5.74, 6) is -0.259. The fourth-order valence-corrected chi connectivity index (χ4v) is 2.40. The number of rotatable bonds is 4. The summed E-state index contributed by atoms with van der Waals surface area (Å²) in [5, 5.41) is 16.4. The first-order chi connectivity index (χ1) is 11.7. The molecule has 2 aromatic carbocycles. The van der Waals surface area contributed by atoms with Crippen LogP contribution in [0.1, 0.15) is 21.5 Å². The van der Waals surface area contributed by atoms with Gasteiger partial charge in [0.15, 0.2) is 0 Å². The number of aromatic nitrogens is 2. The van der Waals surface area contributed by atoms with Crippen LogP contribution >= 0.6 is 11.6 Å². The van der Waals surface area contributed by atoms with Crippen LogP contribution in [0.3, 0.4) is 0 Å². The normalized spacial score (nSPS) is 10.2. The fraction of sp³-hybridized carbons (Fsp3) is 0.0556. The summed E-state index contributed by atoms with van der Waals surface area (Å²) in [7, 11) is 0. The van der Waals surface area contributed by atoms with Gasteiger partial charge in [-0.3, -0.25) is 9.48 Å². The van der Waals surface area contributed by atoms with Gasteiger partial charge in [0.2, 0.25) is 0 Å². The van der Waals surface area contributed by atoms with E-state index in [0.29, 0.717) is 28.4 Å². The SMILES string of the molecule is N#Cc1ccc(NC(=O)c2cnn(Cc3ccccc3Cl)c2)cc1. The molecule has 0 spiro atoms. The molecule has 118 valence electrons. The van der Waals surface area contributed by atoms with Crippen LogP contribution in [-0.2, 0) is 6.54 Å². The minimum atomic E-state index is -0.259. The number of nitrogens with one attached hydrogen (secondary N) is 1. The van der Waals surface area contributed by atoms with E-state index in [2.05, 4.69) is 10.4 Å². The summed E-state index contributed by atoms with van der Waals surface area (Å²) in [5.41, 5.74) is 2.55. The molecule has 0 fully saturated rings. The van der Waals surface area contributed by atoms with E-state index in [4.69, 9.17) is 16.9 Å². The van der Waals surface area contributed by atoms with Crippen LogP contribution in [0.15, 0.2) is 60.9 Å². The molecule has 0 saturated carbocycles. The van der Waals surface area contributed by atoms with Crippen molar-refractivity contribution in [3.05, 3.63) is 82.6 Å². The van der Waals surface area contributed by atoms with Crippen molar-refractivity contribution >= 4 is 23.2 Å². The maximum Gasteiger partial charge on any atom is 0.258 e. The molecule has 3 rings (SSSR count). The van der Waals surface area contributed by atoms with Crippen molar-refractivity contribution in [1.29, 1.82) is 5.26 Å². The molecule has 6 heteroatoms.